The molecule has 0 spiro atoms. The molecule has 1 fully saturated rings. The van der Waals surface area contributed by atoms with E-state index < -0.39 is 0 Å². The quantitative estimate of drug-likeness (QED) is 0.887. The van der Waals surface area contributed by atoms with Gasteiger partial charge in [0.25, 0.3) is 0 Å². The lowest BCUT2D eigenvalue weighted by Crippen LogP contribution is -2.38. The summed E-state index contributed by atoms with van der Waals surface area (Å²) in [5.41, 5.74) is 9.79. The van der Waals surface area contributed by atoms with Crippen molar-refractivity contribution in [2.75, 3.05) is 0 Å². The molecule has 2 aromatic rings. The van der Waals surface area contributed by atoms with E-state index in [0.29, 0.717) is 11.3 Å². The number of thioether (sulfide) groups is 1. The monoisotopic (exact) mass is 303 g/mol. The van der Waals surface area contributed by atoms with Crippen LogP contribution in [0, 0.1) is 12.8 Å². The fraction of sp³-hybridized carbons (Fsp3) is 0.588. The van der Waals surface area contributed by atoms with Gasteiger partial charge in [-0.05, 0) is 49.8 Å². The smallest absolute Gasteiger partial charge is 0.166 e. The SMILES string of the molecule is CCCC1CCC(N)C(Sc2nc3ccc(C)cc3[nH]2)C1. The number of H-pyrrole nitrogens is 1. The molecule has 1 aliphatic carbocycles. The van der Waals surface area contributed by atoms with Gasteiger partial charge in [-0.2, -0.15) is 0 Å². The molecule has 0 amide bonds. The first-order valence-corrected chi connectivity index (χ1v) is 8.92. The third-order valence-electron chi connectivity index (χ3n) is 4.53. The molecule has 1 heterocycles. The molecule has 1 aromatic heterocycles. The molecule has 3 unspecified atom stereocenters. The summed E-state index contributed by atoms with van der Waals surface area (Å²) < 4.78 is 0. The van der Waals surface area contributed by atoms with Gasteiger partial charge in [-0.15, -0.1) is 0 Å². The van der Waals surface area contributed by atoms with E-state index in [1.54, 1.807) is 0 Å². The van der Waals surface area contributed by atoms with Crippen LogP contribution >= 0.6 is 11.8 Å². The van der Waals surface area contributed by atoms with E-state index in [1.165, 1.54) is 31.2 Å². The Hall–Kier alpha value is -1.00. The Morgan fingerprint density at radius 2 is 2.24 bits per heavy atom. The summed E-state index contributed by atoms with van der Waals surface area (Å²) in [4.78, 5) is 8.15. The standard InChI is InChI=1S/C17H25N3S/c1-3-4-12-6-7-13(18)16(10-12)21-17-19-14-8-5-11(2)9-15(14)20-17/h5,8-9,12-13,16H,3-4,6-7,10,18H2,1-2H3,(H,19,20). The number of hydrogen-bond acceptors (Lipinski definition) is 3. The summed E-state index contributed by atoms with van der Waals surface area (Å²) in [5.74, 6) is 0.846. The Bertz CT molecular complexity index is 607. The number of nitrogens with two attached hydrogens (primary N) is 1. The average molecular weight is 303 g/mol. The summed E-state index contributed by atoms with van der Waals surface area (Å²) in [6, 6.07) is 6.67. The van der Waals surface area contributed by atoms with Gasteiger partial charge in [0.1, 0.15) is 0 Å². The van der Waals surface area contributed by atoms with Crippen molar-refractivity contribution in [2.24, 2.45) is 11.7 Å². The van der Waals surface area contributed by atoms with Crippen LogP contribution in [-0.2, 0) is 0 Å². The molecular formula is C17H25N3S. The molecule has 1 aliphatic rings. The summed E-state index contributed by atoms with van der Waals surface area (Å²) in [6.07, 6.45) is 6.30. The highest BCUT2D eigenvalue weighted by atomic mass is 32.2. The normalized spacial score (nSPS) is 26.3. The predicted octanol–water partition coefficient (Wildman–Crippen LogP) is 4.26. The van der Waals surface area contributed by atoms with Crippen molar-refractivity contribution >= 4 is 22.8 Å². The first-order chi connectivity index (χ1) is 10.2. The van der Waals surface area contributed by atoms with Crippen molar-refractivity contribution in [1.29, 1.82) is 0 Å². The van der Waals surface area contributed by atoms with Gasteiger partial charge in [0.2, 0.25) is 0 Å². The van der Waals surface area contributed by atoms with Crippen LogP contribution in [0.1, 0.15) is 44.6 Å². The average Bonchev–Trinajstić information content (AvgIpc) is 2.84. The molecular weight excluding hydrogens is 278 g/mol. The van der Waals surface area contributed by atoms with Gasteiger partial charge in [0, 0.05) is 11.3 Å². The van der Waals surface area contributed by atoms with E-state index in [2.05, 4.69) is 37.0 Å². The topological polar surface area (TPSA) is 54.7 Å². The van der Waals surface area contributed by atoms with Gasteiger partial charge >= 0.3 is 0 Å². The lowest BCUT2D eigenvalue weighted by atomic mass is 9.83. The first-order valence-electron chi connectivity index (χ1n) is 8.04. The van der Waals surface area contributed by atoms with Crippen LogP contribution in [0.5, 0.6) is 0 Å². The Labute approximate surface area is 131 Å². The minimum Gasteiger partial charge on any atom is -0.333 e. The number of nitrogens with zero attached hydrogens (tertiary/aromatic N) is 1. The van der Waals surface area contributed by atoms with Crippen LogP contribution in [0.2, 0.25) is 0 Å². The van der Waals surface area contributed by atoms with E-state index in [1.807, 2.05) is 11.8 Å². The van der Waals surface area contributed by atoms with Crippen LogP contribution in [0.4, 0.5) is 0 Å². The summed E-state index contributed by atoms with van der Waals surface area (Å²) in [6.45, 7) is 4.39. The Balaban J connectivity index is 1.73. The van der Waals surface area contributed by atoms with Crippen molar-refractivity contribution in [1.82, 2.24) is 9.97 Å². The van der Waals surface area contributed by atoms with Crippen molar-refractivity contribution in [3.8, 4) is 0 Å². The van der Waals surface area contributed by atoms with Gasteiger partial charge in [0.15, 0.2) is 5.16 Å². The van der Waals surface area contributed by atoms with E-state index in [0.717, 1.165) is 28.5 Å². The number of aromatic amines is 1. The summed E-state index contributed by atoms with van der Waals surface area (Å²) in [5, 5.41) is 1.52. The van der Waals surface area contributed by atoms with Crippen molar-refractivity contribution in [3.63, 3.8) is 0 Å². The predicted molar refractivity (Wildman–Crippen MR) is 90.7 cm³/mol. The van der Waals surface area contributed by atoms with Crippen LogP contribution in [-0.4, -0.2) is 21.3 Å². The van der Waals surface area contributed by atoms with Crippen molar-refractivity contribution in [3.05, 3.63) is 23.8 Å². The Morgan fingerprint density at radius 3 is 3.05 bits per heavy atom. The van der Waals surface area contributed by atoms with Gasteiger partial charge in [-0.3, -0.25) is 0 Å². The molecule has 0 aliphatic heterocycles. The third kappa shape index (κ3) is 3.43. The van der Waals surface area contributed by atoms with Gasteiger partial charge in [0.05, 0.1) is 11.0 Å². The maximum absolute atomic E-state index is 6.34. The van der Waals surface area contributed by atoms with Gasteiger partial charge in [-0.25, -0.2) is 4.98 Å². The second kappa shape index (κ2) is 6.41. The highest BCUT2D eigenvalue weighted by Crippen LogP contribution is 2.37. The number of rotatable bonds is 4. The third-order valence-corrected chi connectivity index (χ3v) is 5.79. The van der Waals surface area contributed by atoms with Crippen molar-refractivity contribution < 1.29 is 0 Å². The summed E-state index contributed by atoms with van der Waals surface area (Å²) >= 11 is 1.84. The maximum atomic E-state index is 6.34. The maximum Gasteiger partial charge on any atom is 0.166 e. The summed E-state index contributed by atoms with van der Waals surface area (Å²) in [7, 11) is 0. The largest absolute Gasteiger partial charge is 0.333 e. The lowest BCUT2D eigenvalue weighted by Gasteiger charge is -2.33. The molecule has 4 heteroatoms. The number of hydrogen-bond donors (Lipinski definition) is 2. The molecule has 21 heavy (non-hydrogen) atoms. The minimum atomic E-state index is 0.304. The van der Waals surface area contributed by atoms with E-state index in [-0.39, 0.29) is 0 Å². The molecule has 0 bridgehead atoms. The van der Waals surface area contributed by atoms with Crippen LogP contribution in [0.15, 0.2) is 23.4 Å². The fourth-order valence-electron chi connectivity index (χ4n) is 3.34. The highest BCUT2D eigenvalue weighted by Gasteiger charge is 2.29. The number of aryl methyl sites for hydroxylation is 1. The fourth-order valence-corrected chi connectivity index (χ4v) is 4.63. The molecule has 114 valence electrons. The van der Waals surface area contributed by atoms with Crippen LogP contribution < -0.4 is 5.73 Å². The zero-order chi connectivity index (χ0) is 14.8. The number of benzene rings is 1. The van der Waals surface area contributed by atoms with E-state index in [9.17, 15) is 0 Å². The first kappa shape index (κ1) is 14.9. The van der Waals surface area contributed by atoms with Gasteiger partial charge < -0.3 is 10.7 Å². The van der Waals surface area contributed by atoms with Crippen LogP contribution in [0.25, 0.3) is 11.0 Å². The zero-order valence-electron chi connectivity index (χ0n) is 12.9. The molecule has 0 radical (unpaired) electrons. The van der Waals surface area contributed by atoms with E-state index >= 15 is 0 Å². The Morgan fingerprint density at radius 1 is 1.38 bits per heavy atom. The molecule has 3 nitrogen and oxygen atoms in total. The molecule has 1 saturated carbocycles. The lowest BCUT2D eigenvalue weighted by molar-refractivity contribution is 0.316. The number of fused-ring (bicyclic) bond motifs is 1. The van der Waals surface area contributed by atoms with Crippen LogP contribution in [0.3, 0.4) is 0 Å². The van der Waals surface area contributed by atoms with Crippen molar-refractivity contribution in [2.45, 2.75) is 62.4 Å². The number of imidazole rings is 1. The molecule has 3 atom stereocenters. The van der Waals surface area contributed by atoms with Gasteiger partial charge in [-0.1, -0.05) is 37.6 Å². The molecule has 0 saturated heterocycles. The Kier molecular flexibility index (Phi) is 4.55. The number of nitrogens with one attached hydrogen (secondary N) is 1. The second-order valence-corrected chi connectivity index (χ2v) is 7.58. The second-order valence-electron chi connectivity index (χ2n) is 6.35. The molecule has 3 N–H and O–H groups in total. The molecule has 3 rings (SSSR count). The molecule has 1 aromatic carbocycles. The zero-order valence-corrected chi connectivity index (χ0v) is 13.7. The van der Waals surface area contributed by atoms with E-state index in [4.69, 9.17) is 10.7 Å². The minimum absolute atomic E-state index is 0.304. The highest BCUT2D eigenvalue weighted by molar-refractivity contribution is 7.99. The number of aromatic nitrogens is 2.